The van der Waals surface area contributed by atoms with Crippen molar-refractivity contribution in [2.24, 2.45) is 0 Å². The van der Waals surface area contributed by atoms with Gasteiger partial charge in [-0.15, -0.1) is 0 Å². The van der Waals surface area contributed by atoms with E-state index in [0.717, 1.165) is 6.42 Å². The lowest BCUT2D eigenvalue weighted by Gasteiger charge is -2.11. The van der Waals surface area contributed by atoms with E-state index >= 15 is 0 Å². The fourth-order valence-corrected chi connectivity index (χ4v) is 5.32. The highest BCUT2D eigenvalue weighted by Crippen LogP contribution is 2.29. The Labute approximate surface area is 250 Å². The van der Waals surface area contributed by atoms with Crippen molar-refractivity contribution in [3.8, 4) is 11.1 Å². The van der Waals surface area contributed by atoms with Crippen LogP contribution in [0.5, 0.6) is 0 Å². The van der Waals surface area contributed by atoms with E-state index in [2.05, 4.69) is 183 Å². The fraction of sp³-hybridized carbons (Fsp3) is 0.0476. The molecule has 6 rings (SSSR count). The Morgan fingerprint density at radius 2 is 0.714 bits per heavy atom. The van der Waals surface area contributed by atoms with E-state index in [-0.39, 0.29) is 0 Å². The largest absolute Gasteiger partial charge is 0.0622 e. The van der Waals surface area contributed by atoms with Gasteiger partial charge in [-0.25, -0.2) is 0 Å². The van der Waals surface area contributed by atoms with E-state index < -0.39 is 0 Å². The van der Waals surface area contributed by atoms with Crippen molar-refractivity contribution in [2.45, 2.75) is 13.3 Å². The highest BCUT2D eigenvalue weighted by molar-refractivity contribution is 5.92. The molecule has 0 aliphatic carbocycles. The summed E-state index contributed by atoms with van der Waals surface area (Å²) >= 11 is 0. The van der Waals surface area contributed by atoms with Crippen molar-refractivity contribution in [2.75, 3.05) is 0 Å². The van der Waals surface area contributed by atoms with Gasteiger partial charge < -0.3 is 0 Å². The summed E-state index contributed by atoms with van der Waals surface area (Å²) in [5.41, 5.74) is 13.5. The summed E-state index contributed by atoms with van der Waals surface area (Å²) in [7, 11) is 0. The van der Waals surface area contributed by atoms with Gasteiger partial charge >= 0.3 is 0 Å². The van der Waals surface area contributed by atoms with Crippen molar-refractivity contribution < 1.29 is 0 Å². The number of aryl methyl sites for hydroxylation is 1. The monoisotopic (exact) mass is 538 g/mol. The lowest BCUT2D eigenvalue weighted by Crippen LogP contribution is -1.90. The summed E-state index contributed by atoms with van der Waals surface area (Å²) in [5.74, 6) is 0. The first kappa shape index (κ1) is 27.0. The molecule has 0 atom stereocenters. The second kappa shape index (κ2) is 13.0. The summed E-state index contributed by atoms with van der Waals surface area (Å²) in [6.45, 7) is 2.20. The Bertz CT molecular complexity index is 1730. The first-order chi connectivity index (χ1) is 20.8. The maximum absolute atomic E-state index is 2.29. The smallest absolute Gasteiger partial charge is 0.0105 e. The molecular formula is C42H34. The zero-order chi connectivity index (χ0) is 28.6. The molecule has 6 aromatic rings. The summed E-state index contributed by atoms with van der Waals surface area (Å²) in [4.78, 5) is 0. The van der Waals surface area contributed by atoms with Crippen LogP contribution < -0.4 is 0 Å². The van der Waals surface area contributed by atoms with Crippen LogP contribution in [-0.2, 0) is 6.42 Å². The topological polar surface area (TPSA) is 0 Å². The maximum Gasteiger partial charge on any atom is -0.0105 e. The molecule has 0 heterocycles. The fourth-order valence-electron chi connectivity index (χ4n) is 5.32. The average Bonchev–Trinajstić information content (AvgIpc) is 3.08. The van der Waals surface area contributed by atoms with Crippen LogP contribution >= 0.6 is 0 Å². The van der Waals surface area contributed by atoms with Crippen molar-refractivity contribution in [3.63, 3.8) is 0 Å². The lowest BCUT2D eigenvalue weighted by molar-refractivity contribution is 1.14. The van der Waals surface area contributed by atoms with Crippen LogP contribution in [0.4, 0.5) is 0 Å². The van der Waals surface area contributed by atoms with Gasteiger partial charge in [-0.2, -0.15) is 0 Å². The van der Waals surface area contributed by atoms with Crippen molar-refractivity contribution in [1.82, 2.24) is 0 Å². The Morgan fingerprint density at radius 3 is 1.05 bits per heavy atom. The number of benzene rings is 6. The Morgan fingerprint density at radius 1 is 0.381 bits per heavy atom. The minimum atomic E-state index is 1.05. The summed E-state index contributed by atoms with van der Waals surface area (Å²) < 4.78 is 0. The van der Waals surface area contributed by atoms with Crippen LogP contribution in [-0.4, -0.2) is 0 Å². The van der Waals surface area contributed by atoms with Gasteiger partial charge in [0.05, 0.1) is 0 Å². The standard InChI is InChI=1S/C42H34/c1-2-32-18-28-40(29-19-32)42(39-16-10-5-11-17-39)31-34-22-26-36(27-23-34)35-24-20-33(21-25-35)30-41(37-12-6-3-7-13-37)38-14-8-4-9-15-38/h3-31H,2H2,1H3/b42-31+. The molecule has 0 heteroatoms. The molecule has 0 saturated carbocycles. The molecule has 0 fully saturated rings. The normalized spacial score (nSPS) is 11.2. The molecule has 0 aliphatic heterocycles. The molecule has 0 aromatic heterocycles. The van der Waals surface area contributed by atoms with E-state index in [1.54, 1.807) is 0 Å². The number of hydrogen-bond donors (Lipinski definition) is 0. The highest BCUT2D eigenvalue weighted by Gasteiger charge is 2.07. The summed E-state index contributed by atoms with van der Waals surface area (Å²) in [5, 5.41) is 0. The molecule has 0 N–H and O–H groups in total. The summed E-state index contributed by atoms with van der Waals surface area (Å²) in [6.07, 6.45) is 5.62. The molecule has 0 radical (unpaired) electrons. The maximum atomic E-state index is 2.29. The summed E-state index contributed by atoms with van der Waals surface area (Å²) in [6, 6.07) is 58.5. The lowest BCUT2D eigenvalue weighted by atomic mass is 9.94. The first-order valence-electron chi connectivity index (χ1n) is 14.7. The predicted octanol–water partition coefficient (Wildman–Crippen LogP) is 11.1. The molecule has 0 bridgehead atoms. The van der Waals surface area contributed by atoms with Gasteiger partial charge in [0, 0.05) is 0 Å². The quantitative estimate of drug-likeness (QED) is 0.169. The van der Waals surface area contributed by atoms with Gasteiger partial charge in [-0.05, 0) is 79.8 Å². The van der Waals surface area contributed by atoms with E-state index in [4.69, 9.17) is 0 Å². The Kier molecular flexibility index (Phi) is 8.34. The Hall–Kier alpha value is -5.20. The van der Waals surface area contributed by atoms with E-state index in [9.17, 15) is 0 Å². The second-order valence-corrected chi connectivity index (χ2v) is 10.5. The van der Waals surface area contributed by atoms with Gasteiger partial charge in [-0.3, -0.25) is 0 Å². The zero-order valence-corrected chi connectivity index (χ0v) is 24.0. The molecule has 0 saturated heterocycles. The van der Waals surface area contributed by atoms with Crippen LogP contribution in [0.2, 0.25) is 0 Å². The van der Waals surface area contributed by atoms with Crippen LogP contribution in [0.25, 0.3) is 34.4 Å². The molecule has 42 heavy (non-hydrogen) atoms. The molecule has 6 aromatic carbocycles. The third-order valence-electron chi connectivity index (χ3n) is 7.70. The third kappa shape index (κ3) is 6.40. The van der Waals surface area contributed by atoms with E-state index in [1.807, 2.05) is 0 Å². The average molecular weight is 539 g/mol. The van der Waals surface area contributed by atoms with Crippen LogP contribution in [0.15, 0.2) is 164 Å². The second-order valence-electron chi connectivity index (χ2n) is 10.5. The molecule has 0 nitrogen and oxygen atoms in total. The van der Waals surface area contributed by atoms with Gasteiger partial charge in [0.25, 0.3) is 0 Å². The molecule has 202 valence electrons. The van der Waals surface area contributed by atoms with E-state index in [0.29, 0.717) is 0 Å². The minimum absolute atomic E-state index is 1.05. The molecule has 0 spiro atoms. The minimum Gasteiger partial charge on any atom is -0.0622 e. The van der Waals surface area contributed by atoms with Crippen LogP contribution in [0.3, 0.4) is 0 Å². The van der Waals surface area contributed by atoms with Crippen molar-refractivity contribution in [1.29, 1.82) is 0 Å². The van der Waals surface area contributed by atoms with Gasteiger partial charge in [0.1, 0.15) is 0 Å². The third-order valence-corrected chi connectivity index (χ3v) is 7.70. The number of rotatable bonds is 8. The highest BCUT2D eigenvalue weighted by atomic mass is 14.1. The number of hydrogen-bond acceptors (Lipinski definition) is 0. The first-order valence-corrected chi connectivity index (χ1v) is 14.7. The van der Waals surface area contributed by atoms with Crippen LogP contribution in [0, 0.1) is 0 Å². The predicted molar refractivity (Wildman–Crippen MR) is 181 cm³/mol. The van der Waals surface area contributed by atoms with Crippen LogP contribution in [0.1, 0.15) is 45.9 Å². The molecule has 0 amide bonds. The van der Waals surface area contributed by atoms with Gasteiger partial charge in [0.2, 0.25) is 0 Å². The van der Waals surface area contributed by atoms with Gasteiger partial charge in [0.15, 0.2) is 0 Å². The van der Waals surface area contributed by atoms with Gasteiger partial charge in [-0.1, -0.05) is 171 Å². The molecule has 0 unspecified atom stereocenters. The Balaban J connectivity index is 1.27. The zero-order valence-electron chi connectivity index (χ0n) is 24.0. The van der Waals surface area contributed by atoms with Crippen molar-refractivity contribution >= 4 is 23.3 Å². The SMILES string of the molecule is CCc1ccc(/C(=C/c2ccc(-c3ccc(C=C(c4ccccc4)c4ccccc4)cc3)cc2)c2ccccc2)cc1. The molecular weight excluding hydrogens is 504 g/mol. The van der Waals surface area contributed by atoms with Crippen molar-refractivity contribution in [3.05, 3.63) is 203 Å². The van der Waals surface area contributed by atoms with E-state index in [1.165, 1.54) is 61.2 Å². The molecule has 0 aliphatic rings.